The number of fused-ring (bicyclic) bond motifs is 3. The van der Waals surface area contributed by atoms with Crippen LogP contribution >= 0.6 is 0 Å². The molecule has 0 aliphatic carbocycles. The third kappa shape index (κ3) is 2.03. The van der Waals surface area contributed by atoms with Gasteiger partial charge in [0.25, 0.3) is 0 Å². The summed E-state index contributed by atoms with van der Waals surface area (Å²) in [6, 6.07) is 8.91. The fourth-order valence-electron chi connectivity index (χ4n) is 4.36. The summed E-state index contributed by atoms with van der Waals surface area (Å²) >= 11 is 0. The highest BCUT2D eigenvalue weighted by atomic mass is 16.5. The van der Waals surface area contributed by atoms with Crippen LogP contribution in [0.4, 0.5) is 0 Å². The van der Waals surface area contributed by atoms with E-state index in [1.807, 2.05) is 0 Å². The van der Waals surface area contributed by atoms with Gasteiger partial charge in [0.05, 0.1) is 12.3 Å². The maximum Gasteiger partial charge on any atom is 0.110 e. The number of aromatic nitrogens is 1. The van der Waals surface area contributed by atoms with Crippen LogP contribution in [-0.4, -0.2) is 36.2 Å². The van der Waals surface area contributed by atoms with Crippen molar-refractivity contribution in [3.8, 4) is 0 Å². The monoisotopic (exact) mass is 298 g/mol. The van der Waals surface area contributed by atoms with E-state index in [2.05, 4.69) is 47.7 Å². The van der Waals surface area contributed by atoms with Crippen molar-refractivity contribution >= 4 is 10.9 Å². The van der Waals surface area contributed by atoms with Gasteiger partial charge in [0, 0.05) is 24.0 Å². The topological polar surface area (TPSA) is 17.4 Å². The predicted molar refractivity (Wildman–Crippen MR) is 90.3 cm³/mol. The summed E-state index contributed by atoms with van der Waals surface area (Å²) in [6.07, 6.45) is 4.57. The van der Waals surface area contributed by atoms with Gasteiger partial charge in [-0.05, 0) is 50.9 Å². The van der Waals surface area contributed by atoms with Crippen molar-refractivity contribution in [2.45, 2.75) is 44.8 Å². The Bertz CT molecular complexity index is 641. The molecule has 1 aromatic heterocycles. The molecular formula is C19H26N2O. The smallest absolute Gasteiger partial charge is 0.110 e. The number of nitrogens with zero attached hydrogens (tertiary/aromatic N) is 2. The molecule has 0 spiro atoms. The van der Waals surface area contributed by atoms with Gasteiger partial charge in [0.15, 0.2) is 0 Å². The summed E-state index contributed by atoms with van der Waals surface area (Å²) < 4.78 is 9.01. The van der Waals surface area contributed by atoms with Crippen molar-refractivity contribution in [1.82, 2.24) is 9.47 Å². The molecule has 4 rings (SSSR count). The highest BCUT2D eigenvalue weighted by Gasteiger charge is 2.43. The molecule has 3 nitrogen and oxygen atoms in total. The minimum absolute atomic E-state index is 0.0473. The van der Waals surface area contributed by atoms with Crippen molar-refractivity contribution in [1.29, 1.82) is 0 Å². The molecule has 2 aromatic rings. The van der Waals surface area contributed by atoms with E-state index in [1.165, 1.54) is 29.4 Å². The molecule has 1 unspecified atom stereocenters. The van der Waals surface area contributed by atoms with Crippen LogP contribution in [0.2, 0.25) is 0 Å². The van der Waals surface area contributed by atoms with Gasteiger partial charge < -0.3 is 14.2 Å². The first-order chi connectivity index (χ1) is 10.7. The predicted octanol–water partition coefficient (Wildman–Crippen LogP) is 3.54. The van der Waals surface area contributed by atoms with E-state index < -0.39 is 0 Å². The molecule has 0 radical (unpaired) electrons. The largest absolute Gasteiger partial charge is 0.368 e. The molecule has 2 aliphatic heterocycles. The van der Waals surface area contributed by atoms with Crippen molar-refractivity contribution < 1.29 is 4.74 Å². The van der Waals surface area contributed by atoms with Crippen LogP contribution in [0.1, 0.15) is 37.4 Å². The molecule has 118 valence electrons. The number of aryl methyl sites for hydroxylation is 1. The first-order valence-corrected chi connectivity index (χ1v) is 8.68. The fourth-order valence-corrected chi connectivity index (χ4v) is 4.36. The first-order valence-electron chi connectivity index (χ1n) is 8.68. The lowest BCUT2D eigenvalue weighted by Crippen LogP contribution is -2.42. The number of para-hydroxylation sites is 1. The Morgan fingerprint density at radius 3 is 3.05 bits per heavy atom. The third-order valence-corrected chi connectivity index (χ3v) is 5.64. The Morgan fingerprint density at radius 2 is 2.18 bits per heavy atom. The summed E-state index contributed by atoms with van der Waals surface area (Å²) in [5.74, 6) is 0. The fraction of sp³-hybridized carbons (Fsp3) is 0.579. The zero-order chi connectivity index (χ0) is 15.2. The molecule has 0 bridgehead atoms. The summed E-state index contributed by atoms with van der Waals surface area (Å²) in [4.78, 5) is 2.40. The summed E-state index contributed by atoms with van der Waals surface area (Å²) in [5.41, 5.74) is 4.41. The lowest BCUT2D eigenvalue weighted by molar-refractivity contribution is -0.0897. The Kier molecular flexibility index (Phi) is 3.50. The maximum absolute atomic E-state index is 6.45. The molecule has 2 aliphatic rings. The second-order valence-corrected chi connectivity index (χ2v) is 6.84. The standard InChI is InChI=1S/C19H26N2O/c1-3-20(2)13-11-19-10-6-12-21-17-8-5-4-7-15(17)16(18(19)21)9-14-22-19/h4-5,7-8H,3,6,9-14H2,1-2H3. The van der Waals surface area contributed by atoms with Gasteiger partial charge in [-0.25, -0.2) is 0 Å². The van der Waals surface area contributed by atoms with Gasteiger partial charge >= 0.3 is 0 Å². The van der Waals surface area contributed by atoms with Gasteiger partial charge in [-0.15, -0.1) is 0 Å². The number of hydrogen-bond acceptors (Lipinski definition) is 2. The molecule has 0 fully saturated rings. The summed E-state index contributed by atoms with van der Waals surface area (Å²) in [5, 5.41) is 1.45. The zero-order valence-electron chi connectivity index (χ0n) is 13.8. The zero-order valence-corrected chi connectivity index (χ0v) is 13.8. The van der Waals surface area contributed by atoms with Gasteiger partial charge in [0.1, 0.15) is 5.60 Å². The van der Waals surface area contributed by atoms with Crippen LogP contribution in [0.25, 0.3) is 10.9 Å². The second-order valence-electron chi connectivity index (χ2n) is 6.84. The van der Waals surface area contributed by atoms with E-state index >= 15 is 0 Å². The minimum atomic E-state index is -0.0473. The minimum Gasteiger partial charge on any atom is -0.368 e. The average Bonchev–Trinajstić information content (AvgIpc) is 2.90. The highest BCUT2D eigenvalue weighted by molar-refractivity contribution is 5.86. The van der Waals surface area contributed by atoms with Crippen LogP contribution in [0.5, 0.6) is 0 Å². The highest BCUT2D eigenvalue weighted by Crippen LogP contribution is 2.46. The van der Waals surface area contributed by atoms with Gasteiger partial charge in [-0.1, -0.05) is 25.1 Å². The third-order valence-electron chi connectivity index (χ3n) is 5.64. The molecule has 1 atom stereocenters. The van der Waals surface area contributed by atoms with Gasteiger partial charge in [-0.3, -0.25) is 0 Å². The summed E-state index contributed by atoms with van der Waals surface area (Å²) in [7, 11) is 2.21. The molecule has 1 aromatic carbocycles. The lowest BCUT2D eigenvalue weighted by Gasteiger charge is -2.43. The first kappa shape index (κ1) is 14.3. The Morgan fingerprint density at radius 1 is 1.32 bits per heavy atom. The van der Waals surface area contributed by atoms with Crippen LogP contribution in [-0.2, 0) is 23.3 Å². The molecule has 3 heterocycles. The van der Waals surface area contributed by atoms with Crippen LogP contribution in [0, 0.1) is 0 Å². The van der Waals surface area contributed by atoms with Gasteiger partial charge in [-0.2, -0.15) is 0 Å². The van der Waals surface area contributed by atoms with E-state index in [0.717, 1.165) is 39.1 Å². The molecule has 0 saturated carbocycles. The molecule has 0 N–H and O–H groups in total. The average molecular weight is 298 g/mol. The van der Waals surface area contributed by atoms with E-state index in [9.17, 15) is 0 Å². The van der Waals surface area contributed by atoms with Crippen molar-refractivity contribution in [2.24, 2.45) is 0 Å². The van der Waals surface area contributed by atoms with E-state index in [4.69, 9.17) is 4.74 Å². The van der Waals surface area contributed by atoms with Crippen molar-refractivity contribution in [3.63, 3.8) is 0 Å². The quantitative estimate of drug-likeness (QED) is 0.859. The summed E-state index contributed by atoms with van der Waals surface area (Å²) in [6.45, 7) is 6.45. The Balaban J connectivity index is 1.83. The molecule has 22 heavy (non-hydrogen) atoms. The Hall–Kier alpha value is -1.32. The van der Waals surface area contributed by atoms with Crippen molar-refractivity contribution in [3.05, 3.63) is 35.5 Å². The Labute approximate surface area is 132 Å². The van der Waals surface area contributed by atoms with Crippen LogP contribution in [0.3, 0.4) is 0 Å². The van der Waals surface area contributed by atoms with E-state index in [1.54, 1.807) is 5.56 Å². The number of benzene rings is 1. The number of hydrogen-bond donors (Lipinski definition) is 0. The molecule has 0 amide bonds. The lowest BCUT2D eigenvalue weighted by atomic mass is 9.82. The number of rotatable bonds is 4. The van der Waals surface area contributed by atoms with E-state index in [-0.39, 0.29) is 5.60 Å². The maximum atomic E-state index is 6.45. The number of ether oxygens (including phenoxy) is 1. The van der Waals surface area contributed by atoms with Crippen molar-refractivity contribution in [2.75, 3.05) is 26.7 Å². The molecule has 0 saturated heterocycles. The van der Waals surface area contributed by atoms with Crippen LogP contribution < -0.4 is 0 Å². The van der Waals surface area contributed by atoms with E-state index in [0.29, 0.717) is 0 Å². The molecule has 3 heteroatoms. The second kappa shape index (κ2) is 5.39. The van der Waals surface area contributed by atoms with Gasteiger partial charge in [0.2, 0.25) is 0 Å². The van der Waals surface area contributed by atoms with Crippen LogP contribution in [0.15, 0.2) is 24.3 Å². The molecular weight excluding hydrogens is 272 g/mol. The SMILES string of the molecule is CCN(C)CCC12CCCn3c1c(c1ccccc13)CCO2. The normalized spacial score (nSPS) is 24.0.